The van der Waals surface area contributed by atoms with Crippen molar-refractivity contribution in [2.24, 2.45) is 0 Å². The van der Waals surface area contributed by atoms with Crippen molar-refractivity contribution in [2.45, 2.75) is 26.7 Å². The van der Waals surface area contributed by atoms with Crippen LogP contribution in [0.3, 0.4) is 0 Å². The number of carboxylic acids is 1. The predicted octanol–water partition coefficient (Wildman–Crippen LogP) is 1.88. The molecule has 1 rings (SSSR count). The largest absolute Gasteiger partial charge is 0.481 e. The third kappa shape index (κ3) is 7.94. The van der Waals surface area contributed by atoms with Gasteiger partial charge < -0.3 is 14.9 Å². The summed E-state index contributed by atoms with van der Waals surface area (Å²) in [5.41, 5.74) is 1.62. The van der Waals surface area contributed by atoms with E-state index in [1.165, 1.54) is 0 Å². The first kappa shape index (κ1) is 17.1. The Morgan fingerprint density at radius 2 is 1.84 bits per heavy atom. The van der Waals surface area contributed by atoms with Gasteiger partial charge in [0.05, 0.1) is 12.2 Å². The van der Waals surface area contributed by atoms with Crippen molar-refractivity contribution < 1.29 is 24.5 Å². The van der Waals surface area contributed by atoms with Gasteiger partial charge >= 0.3 is 5.97 Å². The average Bonchev–Trinajstić information content (AvgIpc) is 2.38. The average molecular weight is 268 g/mol. The summed E-state index contributed by atoms with van der Waals surface area (Å²) in [5.74, 6) is -1.14. The summed E-state index contributed by atoms with van der Waals surface area (Å²) in [6.45, 7) is 3.40. The zero-order chi connectivity index (χ0) is 14.7. The second-order valence-corrected chi connectivity index (χ2v) is 3.74. The molecule has 19 heavy (non-hydrogen) atoms. The zero-order valence-electron chi connectivity index (χ0n) is 11.3. The van der Waals surface area contributed by atoms with Gasteiger partial charge in [0.2, 0.25) is 0 Å². The Kier molecular flexibility index (Phi) is 9.08. The molecule has 5 heteroatoms. The number of carbonyl (C=O) groups is 2. The first-order valence-electron chi connectivity index (χ1n) is 6.08. The number of benzene rings is 1. The Hall–Kier alpha value is -1.88. The van der Waals surface area contributed by atoms with Gasteiger partial charge in [-0.25, -0.2) is 4.79 Å². The molecule has 5 nitrogen and oxygen atoms in total. The van der Waals surface area contributed by atoms with Crippen molar-refractivity contribution >= 4 is 11.9 Å². The second kappa shape index (κ2) is 10.1. The predicted molar refractivity (Wildman–Crippen MR) is 71.1 cm³/mol. The zero-order valence-corrected chi connectivity index (χ0v) is 11.3. The minimum absolute atomic E-state index is 0.0443. The van der Waals surface area contributed by atoms with Gasteiger partial charge in [0.25, 0.3) is 5.97 Å². The Bertz CT molecular complexity index is 397. The van der Waals surface area contributed by atoms with Gasteiger partial charge in [-0.15, -0.1) is 0 Å². The number of hydrogen-bond acceptors (Lipinski definition) is 4. The van der Waals surface area contributed by atoms with Crippen LogP contribution in [0, 0.1) is 0 Å². The quantitative estimate of drug-likeness (QED) is 0.629. The number of aliphatic carboxylic acids is 1. The van der Waals surface area contributed by atoms with Gasteiger partial charge in [0, 0.05) is 20.0 Å². The highest BCUT2D eigenvalue weighted by Crippen LogP contribution is 2.10. The van der Waals surface area contributed by atoms with Crippen LogP contribution in [0.25, 0.3) is 0 Å². The van der Waals surface area contributed by atoms with Crippen molar-refractivity contribution in [3.63, 3.8) is 0 Å². The smallest absolute Gasteiger partial charge is 0.338 e. The molecule has 0 atom stereocenters. The van der Waals surface area contributed by atoms with Crippen molar-refractivity contribution in [1.29, 1.82) is 0 Å². The molecule has 1 aromatic rings. The Balaban J connectivity index is 0.000000711. The van der Waals surface area contributed by atoms with Crippen molar-refractivity contribution in [3.8, 4) is 0 Å². The summed E-state index contributed by atoms with van der Waals surface area (Å²) in [7, 11) is 0. The lowest BCUT2D eigenvalue weighted by molar-refractivity contribution is -0.134. The van der Waals surface area contributed by atoms with E-state index >= 15 is 0 Å². The first-order valence-corrected chi connectivity index (χ1v) is 6.08. The van der Waals surface area contributed by atoms with Gasteiger partial charge in [0.15, 0.2) is 0 Å². The maximum Gasteiger partial charge on any atom is 0.338 e. The summed E-state index contributed by atoms with van der Waals surface area (Å²) < 4.78 is 5.01. The van der Waals surface area contributed by atoms with Gasteiger partial charge in [-0.2, -0.15) is 0 Å². The number of esters is 1. The number of aliphatic hydroxyl groups is 1. The molecule has 0 saturated heterocycles. The van der Waals surface area contributed by atoms with Crippen LogP contribution in [0.1, 0.15) is 36.2 Å². The highest BCUT2D eigenvalue weighted by Gasteiger charge is 2.10. The Morgan fingerprint density at radius 3 is 2.37 bits per heavy atom. The van der Waals surface area contributed by atoms with Gasteiger partial charge in [-0.1, -0.05) is 25.1 Å². The van der Waals surface area contributed by atoms with E-state index in [2.05, 4.69) is 0 Å². The first-order chi connectivity index (χ1) is 9.02. The number of rotatable bonds is 5. The van der Waals surface area contributed by atoms with E-state index < -0.39 is 5.97 Å². The van der Waals surface area contributed by atoms with E-state index in [4.69, 9.17) is 19.7 Å². The Labute approximate surface area is 112 Å². The van der Waals surface area contributed by atoms with Gasteiger partial charge in [-0.3, -0.25) is 4.79 Å². The monoisotopic (exact) mass is 268 g/mol. The van der Waals surface area contributed by atoms with E-state index in [1.54, 1.807) is 6.07 Å². The molecule has 0 aliphatic rings. The van der Waals surface area contributed by atoms with Gasteiger partial charge in [-0.05, 0) is 18.1 Å². The fourth-order valence-electron chi connectivity index (χ4n) is 1.33. The number of carbonyl (C=O) groups excluding carboxylic acids is 1. The van der Waals surface area contributed by atoms with Crippen LogP contribution < -0.4 is 0 Å². The molecule has 0 unspecified atom stereocenters. The molecule has 0 radical (unpaired) electrons. The van der Waals surface area contributed by atoms with Crippen molar-refractivity contribution in [1.82, 2.24) is 0 Å². The maximum atomic E-state index is 11.6. The molecule has 0 saturated carbocycles. The number of aryl methyl sites for hydroxylation is 1. The summed E-state index contributed by atoms with van der Waals surface area (Å²) in [6.07, 6.45) is 1.30. The molecular weight excluding hydrogens is 248 g/mol. The fourth-order valence-corrected chi connectivity index (χ4v) is 1.33. The summed E-state index contributed by atoms with van der Waals surface area (Å²) in [4.78, 5) is 20.6. The van der Waals surface area contributed by atoms with Crippen LogP contribution in [0.4, 0.5) is 0 Å². The molecule has 1 aromatic carbocycles. The topological polar surface area (TPSA) is 83.8 Å². The van der Waals surface area contributed by atoms with Crippen LogP contribution in [-0.4, -0.2) is 35.4 Å². The molecular formula is C14H20O5. The highest BCUT2D eigenvalue weighted by atomic mass is 16.5. The van der Waals surface area contributed by atoms with E-state index in [9.17, 15) is 4.79 Å². The normalized spacial score (nSPS) is 9.21. The number of carboxylic acid groups (broad SMARTS) is 1. The molecule has 0 fully saturated rings. The SMILES string of the molecule is CC(=O)O.CCc1ccccc1C(=O)OCCCO. The molecule has 0 heterocycles. The lowest BCUT2D eigenvalue weighted by Crippen LogP contribution is -2.09. The standard InChI is InChI=1S/C12H16O3.C2H4O2/c1-2-10-6-3-4-7-11(10)12(14)15-9-5-8-13;1-2(3)4/h3-4,6-7,13H,2,5,8-9H2,1H3;1H3,(H,3,4). The molecule has 0 amide bonds. The number of ether oxygens (including phenoxy) is 1. The molecule has 2 N–H and O–H groups in total. The van der Waals surface area contributed by atoms with Crippen LogP contribution in [0.15, 0.2) is 24.3 Å². The van der Waals surface area contributed by atoms with E-state index in [1.807, 2.05) is 25.1 Å². The fraction of sp³-hybridized carbons (Fsp3) is 0.429. The molecule has 106 valence electrons. The van der Waals surface area contributed by atoms with E-state index in [0.717, 1.165) is 18.9 Å². The van der Waals surface area contributed by atoms with Crippen LogP contribution in [0.2, 0.25) is 0 Å². The van der Waals surface area contributed by atoms with Crippen LogP contribution >= 0.6 is 0 Å². The lowest BCUT2D eigenvalue weighted by Gasteiger charge is -2.07. The minimum Gasteiger partial charge on any atom is -0.481 e. The lowest BCUT2D eigenvalue weighted by atomic mass is 10.1. The van der Waals surface area contributed by atoms with E-state index in [-0.39, 0.29) is 19.2 Å². The third-order valence-corrected chi connectivity index (χ3v) is 2.15. The molecule has 0 spiro atoms. The Morgan fingerprint density at radius 1 is 1.26 bits per heavy atom. The molecule has 0 bridgehead atoms. The van der Waals surface area contributed by atoms with Crippen molar-refractivity contribution in [2.75, 3.05) is 13.2 Å². The summed E-state index contributed by atoms with van der Waals surface area (Å²) >= 11 is 0. The van der Waals surface area contributed by atoms with Crippen LogP contribution in [0.5, 0.6) is 0 Å². The third-order valence-electron chi connectivity index (χ3n) is 2.15. The van der Waals surface area contributed by atoms with Crippen molar-refractivity contribution in [3.05, 3.63) is 35.4 Å². The molecule has 0 aliphatic carbocycles. The molecule has 0 aliphatic heterocycles. The highest BCUT2D eigenvalue weighted by molar-refractivity contribution is 5.91. The minimum atomic E-state index is -0.833. The van der Waals surface area contributed by atoms with Gasteiger partial charge in [0.1, 0.15) is 0 Å². The summed E-state index contributed by atoms with van der Waals surface area (Å²) in [5, 5.41) is 16.0. The summed E-state index contributed by atoms with van der Waals surface area (Å²) in [6, 6.07) is 7.41. The van der Waals surface area contributed by atoms with E-state index in [0.29, 0.717) is 12.0 Å². The second-order valence-electron chi connectivity index (χ2n) is 3.74. The maximum absolute atomic E-state index is 11.6. The number of aliphatic hydroxyl groups excluding tert-OH is 1. The molecule has 0 aromatic heterocycles. The van der Waals surface area contributed by atoms with Crippen LogP contribution in [-0.2, 0) is 16.0 Å². The number of hydrogen-bond donors (Lipinski definition) is 2.